The SMILES string of the molecule is c1coc(CNc2ccc3ncc(-c4cccs4)n3n2)c1. The van der Waals surface area contributed by atoms with E-state index in [-0.39, 0.29) is 0 Å². The molecule has 0 atom stereocenters. The summed E-state index contributed by atoms with van der Waals surface area (Å²) in [5.74, 6) is 1.66. The van der Waals surface area contributed by atoms with E-state index >= 15 is 0 Å². The second-order valence-corrected chi connectivity index (χ2v) is 5.49. The van der Waals surface area contributed by atoms with Crippen molar-refractivity contribution in [3.63, 3.8) is 0 Å². The zero-order valence-electron chi connectivity index (χ0n) is 11.1. The highest BCUT2D eigenvalue weighted by atomic mass is 32.1. The lowest BCUT2D eigenvalue weighted by Crippen LogP contribution is -2.03. The number of anilines is 1. The van der Waals surface area contributed by atoms with E-state index in [9.17, 15) is 0 Å². The average molecular weight is 296 g/mol. The lowest BCUT2D eigenvalue weighted by atomic mass is 10.4. The summed E-state index contributed by atoms with van der Waals surface area (Å²) in [7, 11) is 0. The Morgan fingerprint density at radius 2 is 2.19 bits per heavy atom. The topological polar surface area (TPSA) is 55.4 Å². The number of nitrogens with zero attached hydrogens (tertiary/aromatic N) is 3. The van der Waals surface area contributed by atoms with Gasteiger partial charge >= 0.3 is 0 Å². The molecule has 104 valence electrons. The van der Waals surface area contributed by atoms with Gasteiger partial charge in [0.05, 0.1) is 23.9 Å². The summed E-state index contributed by atoms with van der Waals surface area (Å²) >= 11 is 1.68. The fourth-order valence-corrected chi connectivity index (χ4v) is 2.87. The highest BCUT2D eigenvalue weighted by Gasteiger charge is 2.08. The highest BCUT2D eigenvalue weighted by Crippen LogP contribution is 2.25. The minimum Gasteiger partial charge on any atom is -0.467 e. The van der Waals surface area contributed by atoms with Gasteiger partial charge < -0.3 is 9.73 Å². The zero-order chi connectivity index (χ0) is 14.1. The van der Waals surface area contributed by atoms with Gasteiger partial charge in [0.1, 0.15) is 17.3 Å². The summed E-state index contributed by atoms with van der Waals surface area (Å²) in [6.45, 7) is 0.606. The minimum absolute atomic E-state index is 0.606. The molecule has 0 bridgehead atoms. The van der Waals surface area contributed by atoms with Crippen molar-refractivity contribution >= 4 is 22.8 Å². The molecule has 0 spiro atoms. The van der Waals surface area contributed by atoms with Crippen LogP contribution in [0.4, 0.5) is 5.82 Å². The molecule has 1 N–H and O–H groups in total. The molecule has 0 saturated heterocycles. The third-order valence-corrected chi connectivity index (χ3v) is 4.05. The molecule has 4 rings (SSSR count). The first-order chi connectivity index (χ1) is 10.4. The molecule has 0 aliphatic heterocycles. The summed E-state index contributed by atoms with van der Waals surface area (Å²) in [6.07, 6.45) is 3.52. The lowest BCUT2D eigenvalue weighted by molar-refractivity contribution is 0.517. The molecule has 4 aromatic rings. The number of thiophene rings is 1. The third kappa shape index (κ3) is 2.30. The van der Waals surface area contributed by atoms with E-state index < -0.39 is 0 Å². The smallest absolute Gasteiger partial charge is 0.154 e. The van der Waals surface area contributed by atoms with Gasteiger partial charge in [-0.15, -0.1) is 16.4 Å². The zero-order valence-corrected chi connectivity index (χ0v) is 11.9. The van der Waals surface area contributed by atoms with Crippen molar-refractivity contribution in [2.24, 2.45) is 0 Å². The number of rotatable bonds is 4. The Balaban J connectivity index is 1.67. The van der Waals surface area contributed by atoms with Gasteiger partial charge in [-0.25, -0.2) is 9.50 Å². The van der Waals surface area contributed by atoms with Crippen LogP contribution in [0, 0.1) is 0 Å². The molecule has 0 aliphatic rings. The molecule has 0 fully saturated rings. The number of fused-ring (bicyclic) bond motifs is 1. The Bertz CT molecular complexity index is 849. The van der Waals surface area contributed by atoms with Crippen LogP contribution in [0.5, 0.6) is 0 Å². The van der Waals surface area contributed by atoms with Crippen LogP contribution in [0.15, 0.2) is 58.7 Å². The van der Waals surface area contributed by atoms with Crippen LogP contribution in [-0.4, -0.2) is 14.6 Å². The Labute approximate surface area is 124 Å². The van der Waals surface area contributed by atoms with Crippen molar-refractivity contribution in [2.45, 2.75) is 6.54 Å². The van der Waals surface area contributed by atoms with Crippen LogP contribution >= 0.6 is 11.3 Å². The third-order valence-electron chi connectivity index (χ3n) is 3.16. The van der Waals surface area contributed by atoms with Crippen molar-refractivity contribution in [1.29, 1.82) is 0 Å². The molecule has 0 unspecified atom stereocenters. The van der Waals surface area contributed by atoms with Gasteiger partial charge in [-0.1, -0.05) is 6.07 Å². The van der Waals surface area contributed by atoms with Gasteiger partial charge in [-0.05, 0) is 35.7 Å². The lowest BCUT2D eigenvalue weighted by Gasteiger charge is -2.05. The Kier molecular flexibility index (Phi) is 2.93. The minimum atomic E-state index is 0.606. The molecule has 0 radical (unpaired) electrons. The number of furan rings is 1. The van der Waals surface area contributed by atoms with Gasteiger partial charge in [0.25, 0.3) is 0 Å². The summed E-state index contributed by atoms with van der Waals surface area (Å²) < 4.78 is 7.16. The normalized spacial score (nSPS) is 11.0. The van der Waals surface area contributed by atoms with Gasteiger partial charge in [0, 0.05) is 0 Å². The first-order valence-electron chi connectivity index (χ1n) is 6.55. The monoisotopic (exact) mass is 296 g/mol. The molecule has 0 aliphatic carbocycles. The summed E-state index contributed by atoms with van der Waals surface area (Å²) in [4.78, 5) is 5.54. The van der Waals surface area contributed by atoms with Crippen molar-refractivity contribution in [2.75, 3.05) is 5.32 Å². The number of imidazole rings is 1. The van der Waals surface area contributed by atoms with Crippen molar-refractivity contribution in [1.82, 2.24) is 14.6 Å². The van der Waals surface area contributed by atoms with E-state index in [1.54, 1.807) is 17.6 Å². The van der Waals surface area contributed by atoms with Gasteiger partial charge in [0.15, 0.2) is 5.65 Å². The Morgan fingerprint density at radius 1 is 1.19 bits per heavy atom. The van der Waals surface area contributed by atoms with E-state index in [0.29, 0.717) is 6.54 Å². The Morgan fingerprint density at radius 3 is 3.00 bits per heavy atom. The quantitative estimate of drug-likeness (QED) is 0.624. The van der Waals surface area contributed by atoms with Gasteiger partial charge in [-0.2, -0.15) is 0 Å². The predicted molar refractivity (Wildman–Crippen MR) is 82.3 cm³/mol. The largest absolute Gasteiger partial charge is 0.467 e. The average Bonchev–Trinajstić information content (AvgIpc) is 3.24. The molecule has 0 amide bonds. The van der Waals surface area contributed by atoms with E-state index in [1.807, 2.05) is 46.4 Å². The number of hydrogen-bond acceptors (Lipinski definition) is 5. The van der Waals surface area contributed by atoms with E-state index in [1.165, 1.54) is 0 Å². The van der Waals surface area contributed by atoms with Crippen LogP contribution < -0.4 is 5.32 Å². The highest BCUT2D eigenvalue weighted by molar-refractivity contribution is 7.13. The molecule has 5 nitrogen and oxygen atoms in total. The second-order valence-electron chi connectivity index (χ2n) is 4.54. The molecule has 0 saturated carbocycles. The van der Waals surface area contributed by atoms with Crippen LogP contribution in [-0.2, 0) is 6.54 Å². The number of hydrogen-bond donors (Lipinski definition) is 1. The van der Waals surface area contributed by atoms with Crippen LogP contribution in [0.1, 0.15) is 5.76 Å². The summed E-state index contributed by atoms with van der Waals surface area (Å²) in [6, 6.07) is 11.8. The fraction of sp³-hybridized carbons (Fsp3) is 0.0667. The first kappa shape index (κ1) is 12.2. The van der Waals surface area contributed by atoms with Crippen molar-refractivity contribution in [3.8, 4) is 10.6 Å². The van der Waals surface area contributed by atoms with Crippen molar-refractivity contribution in [3.05, 3.63) is 60.0 Å². The van der Waals surface area contributed by atoms with Crippen LogP contribution in [0.3, 0.4) is 0 Å². The maximum Gasteiger partial charge on any atom is 0.154 e. The molecule has 4 aromatic heterocycles. The van der Waals surface area contributed by atoms with Crippen molar-refractivity contribution < 1.29 is 4.42 Å². The standard InChI is InChI=1S/C15H12N4OS/c1-3-11(20-7-1)9-16-14-5-6-15-17-10-12(19(15)18-14)13-4-2-8-21-13/h1-8,10H,9H2,(H,16,18). The predicted octanol–water partition coefficient (Wildman–Crippen LogP) is 3.66. The van der Waals surface area contributed by atoms with Crippen LogP contribution in [0.25, 0.3) is 16.2 Å². The van der Waals surface area contributed by atoms with E-state index in [0.717, 1.165) is 27.8 Å². The second kappa shape index (κ2) is 5.06. The fourth-order valence-electron chi connectivity index (χ4n) is 2.15. The van der Waals surface area contributed by atoms with Crippen LogP contribution in [0.2, 0.25) is 0 Å². The van der Waals surface area contributed by atoms with Gasteiger partial charge in [-0.3, -0.25) is 0 Å². The van der Waals surface area contributed by atoms with E-state index in [2.05, 4.69) is 21.5 Å². The summed E-state index contributed by atoms with van der Waals surface area (Å²) in [5.41, 5.74) is 1.84. The van der Waals surface area contributed by atoms with Gasteiger partial charge in [0.2, 0.25) is 0 Å². The van der Waals surface area contributed by atoms with E-state index in [4.69, 9.17) is 4.42 Å². The molecule has 21 heavy (non-hydrogen) atoms. The summed E-state index contributed by atoms with van der Waals surface area (Å²) in [5, 5.41) is 9.90. The molecular formula is C15H12N4OS. The Hall–Kier alpha value is -2.60. The number of nitrogens with one attached hydrogen (secondary N) is 1. The molecule has 4 heterocycles. The number of aromatic nitrogens is 3. The molecule has 0 aromatic carbocycles. The molecular weight excluding hydrogens is 284 g/mol. The maximum atomic E-state index is 5.30. The first-order valence-corrected chi connectivity index (χ1v) is 7.43. The molecule has 6 heteroatoms. The maximum absolute atomic E-state index is 5.30.